The first kappa shape index (κ1) is 20.8. The molecule has 1 saturated carbocycles. The zero-order valence-electron chi connectivity index (χ0n) is 19.0. The lowest BCUT2D eigenvalue weighted by molar-refractivity contribution is -0.184. The number of rotatable bonds is 3. The van der Waals surface area contributed by atoms with Crippen LogP contribution in [0.4, 0.5) is 4.79 Å². The summed E-state index contributed by atoms with van der Waals surface area (Å²) in [5, 5.41) is 12.3. The first-order valence-electron chi connectivity index (χ1n) is 11.5. The number of likely N-dealkylation sites (tertiary alicyclic amines) is 1. The molecule has 0 aromatic heterocycles. The highest BCUT2D eigenvalue weighted by Crippen LogP contribution is 2.62. The average molecular weight is 428 g/mol. The molecule has 1 aromatic carbocycles. The normalized spacial score (nSPS) is 37.3. The van der Waals surface area contributed by atoms with Crippen LogP contribution in [0.1, 0.15) is 50.7 Å². The number of likely N-dealkylation sites (N-methyl/N-ethyl adjacent to an activating group) is 3. The molecule has 2 aliphatic heterocycles. The lowest BCUT2D eigenvalue weighted by Crippen LogP contribution is -2.76. The Kier molecular flexibility index (Phi) is 4.48. The molecule has 1 N–H and O–H groups in total. The molecular weight excluding hydrogens is 394 g/mol. The summed E-state index contributed by atoms with van der Waals surface area (Å²) in [5.41, 5.74) is -0.0908. The third-order valence-electron chi connectivity index (χ3n) is 8.82. The van der Waals surface area contributed by atoms with Gasteiger partial charge in [0.1, 0.15) is 11.3 Å². The largest absolute Gasteiger partial charge is 0.497 e. The number of fused-ring (bicyclic) bond motifs is 1. The quantitative estimate of drug-likeness (QED) is 0.749. The molecule has 7 heteroatoms. The van der Waals surface area contributed by atoms with Gasteiger partial charge in [0, 0.05) is 24.5 Å². The summed E-state index contributed by atoms with van der Waals surface area (Å²) < 4.78 is 5.55. The van der Waals surface area contributed by atoms with Crippen LogP contribution in [0.5, 0.6) is 5.75 Å². The zero-order valence-corrected chi connectivity index (χ0v) is 19.0. The fourth-order valence-electron chi connectivity index (χ4n) is 7.27. The van der Waals surface area contributed by atoms with E-state index in [9.17, 15) is 14.7 Å². The average Bonchev–Trinajstić information content (AvgIpc) is 2.96. The summed E-state index contributed by atoms with van der Waals surface area (Å²) in [6.45, 7) is 5.52. The second kappa shape index (κ2) is 6.69. The van der Waals surface area contributed by atoms with Gasteiger partial charge in [-0.25, -0.2) is 4.79 Å². The molecule has 3 amide bonds. The van der Waals surface area contributed by atoms with Crippen molar-refractivity contribution in [1.82, 2.24) is 14.7 Å². The van der Waals surface area contributed by atoms with Gasteiger partial charge in [-0.3, -0.25) is 9.69 Å². The van der Waals surface area contributed by atoms with Gasteiger partial charge in [-0.05, 0) is 82.8 Å². The molecule has 31 heavy (non-hydrogen) atoms. The Morgan fingerprint density at radius 1 is 1.16 bits per heavy atom. The highest BCUT2D eigenvalue weighted by molar-refractivity contribution is 6.07. The van der Waals surface area contributed by atoms with Crippen LogP contribution < -0.4 is 4.74 Å². The standard InChI is InChI=1S/C24H33N3O4/c1-5-26-20(28)23(27(6-2)21(26)29)9-10-24(30)19-13-16-7-8-17(31-4)14-18(16)22(24,15-23)11-12-25(19)3/h7-8,14,19,30H,5-6,9-13,15H2,1-4H3. The Bertz CT molecular complexity index is 951. The van der Waals surface area contributed by atoms with Crippen molar-refractivity contribution < 1.29 is 19.4 Å². The summed E-state index contributed by atoms with van der Waals surface area (Å²) in [6.07, 6.45) is 3.02. The number of amides is 3. The molecule has 4 unspecified atom stereocenters. The Hall–Kier alpha value is -2.12. The molecule has 2 bridgehead atoms. The number of ether oxygens (including phenoxy) is 1. The molecule has 4 aliphatic rings. The topological polar surface area (TPSA) is 73.3 Å². The first-order chi connectivity index (χ1) is 14.8. The number of carbonyl (C=O) groups is 2. The molecule has 2 heterocycles. The maximum Gasteiger partial charge on any atom is 0.327 e. The molecule has 4 atom stereocenters. The molecule has 1 aromatic rings. The van der Waals surface area contributed by atoms with E-state index in [1.54, 1.807) is 12.0 Å². The van der Waals surface area contributed by atoms with Gasteiger partial charge in [-0.15, -0.1) is 0 Å². The van der Waals surface area contributed by atoms with Crippen LogP contribution in [0, 0.1) is 0 Å². The van der Waals surface area contributed by atoms with Crippen molar-refractivity contribution >= 4 is 11.9 Å². The van der Waals surface area contributed by atoms with Crippen molar-refractivity contribution in [2.45, 2.75) is 68.5 Å². The zero-order chi connectivity index (χ0) is 22.2. The van der Waals surface area contributed by atoms with E-state index in [4.69, 9.17) is 4.74 Å². The number of benzene rings is 1. The fourth-order valence-corrected chi connectivity index (χ4v) is 7.27. The number of urea groups is 1. The number of aliphatic hydroxyl groups is 1. The lowest BCUT2D eigenvalue weighted by atomic mass is 9.46. The Balaban J connectivity index is 1.71. The second-order valence-corrected chi connectivity index (χ2v) is 9.76. The summed E-state index contributed by atoms with van der Waals surface area (Å²) in [5.74, 6) is 0.674. The Labute approximate surface area is 183 Å². The first-order valence-corrected chi connectivity index (χ1v) is 11.5. The van der Waals surface area contributed by atoms with Crippen molar-refractivity contribution in [3.63, 3.8) is 0 Å². The number of nitrogens with zero attached hydrogens (tertiary/aromatic N) is 3. The minimum atomic E-state index is -0.938. The van der Waals surface area contributed by atoms with E-state index in [1.165, 1.54) is 10.5 Å². The van der Waals surface area contributed by atoms with Crippen molar-refractivity contribution in [3.05, 3.63) is 29.3 Å². The van der Waals surface area contributed by atoms with Crippen molar-refractivity contribution in [1.29, 1.82) is 0 Å². The van der Waals surface area contributed by atoms with Crippen LogP contribution in [-0.2, 0) is 16.6 Å². The summed E-state index contributed by atoms with van der Waals surface area (Å²) >= 11 is 0. The predicted octanol–water partition coefficient (Wildman–Crippen LogP) is 2.15. The number of methoxy groups -OCH3 is 1. The summed E-state index contributed by atoms with van der Waals surface area (Å²) in [4.78, 5) is 32.2. The minimum Gasteiger partial charge on any atom is -0.497 e. The Morgan fingerprint density at radius 3 is 2.61 bits per heavy atom. The summed E-state index contributed by atoms with van der Waals surface area (Å²) in [7, 11) is 3.75. The van der Waals surface area contributed by atoms with Gasteiger partial charge in [0.15, 0.2) is 0 Å². The third kappa shape index (κ3) is 2.36. The van der Waals surface area contributed by atoms with E-state index in [0.717, 1.165) is 30.7 Å². The smallest absolute Gasteiger partial charge is 0.327 e. The van der Waals surface area contributed by atoms with Crippen LogP contribution in [0.3, 0.4) is 0 Å². The lowest BCUT2D eigenvalue weighted by Gasteiger charge is -2.66. The molecule has 7 nitrogen and oxygen atoms in total. The van der Waals surface area contributed by atoms with E-state index in [2.05, 4.69) is 24.1 Å². The second-order valence-electron chi connectivity index (χ2n) is 9.76. The van der Waals surface area contributed by atoms with Crippen molar-refractivity contribution in [3.8, 4) is 5.75 Å². The van der Waals surface area contributed by atoms with Crippen LogP contribution in [0.25, 0.3) is 0 Å². The summed E-state index contributed by atoms with van der Waals surface area (Å²) in [6, 6.07) is 5.97. The SMILES string of the molecule is CCN1C(=O)N(CC)C2(CCC3(O)C4Cc5ccc(OC)cc5C3(CCN4C)C2)C1=O. The molecular formula is C24H33N3O4. The van der Waals surface area contributed by atoms with Gasteiger partial charge < -0.3 is 19.6 Å². The van der Waals surface area contributed by atoms with Crippen LogP contribution in [0.2, 0.25) is 0 Å². The van der Waals surface area contributed by atoms with E-state index in [-0.39, 0.29) is 18.0 Å². The predicted molar refractivity (Wildman–Crippen MR) is 116 cm³/mol. The number of piperidine rings is 1. The van der Waals surface area contributed by atoms with Crippen LogP contribution in [0.15, 0.2) is 18.2 Å². The van der Waals surface area contributed by atoms with Gasteiger partial charge in [0.05, 0.1) is 12.7 Å². The number of imide groups is 1. The number of hydrogen-bond acceptors (Lipinski definition) is 5. The van der Waals surface area contributed by atoms with Gasteiger partial charge in [0.25, 0.3) is 5.91 Å². The van der Waals surface area contributed by atoms with Crippen molar-refractivity contribution in [2.24, 2.45) is 0 Å². The minimum absolute atomic E-state index is 0.00376. The van der Waals surface area contributed by atoms with E-state index in [1.807, 2.05) is 19.9 Å². The molecule has 2 saturated heterocycles. The molecule has 3 fully saturated rings. The molecule has 1 spiro atoms. The van der Waals surface area contributed by atoms with Gasteiger partial charge in [-0.1, -0.05) is 6.07 Å². The van der Waals surface area contributed by atoms with Crippen LogP contribution in [-0.4, -0.2) is 82.7 Å². The van der Waals surface area contributed by atoms with Crippen LogP contribution >= 0.6 is 0 Å². The third-order valence-corrected chi connectivity index (χ3v) is 8.82. The maximum atomic E-state index is 13.7. The van der Waals surface area contributed by atoms with Gasteiger partial charge in [0.2, 0.25) is 0 Å². The van der Waals surface area contributed by atoms with Crippen molar-refractivity contribution in [2.75, 3.05) is 33.8 Å². The van der Waals surface area contributed by atoms with E-state index < -0.39 is 16.6 Å². The highest BCUT2D eigenvalue weighted by atomic mass is 16.5. The fraction of sp³-hybridized carbons (Fsp3) is 0.667. The molecule has 0 radical (unpaired) electrons. The Morgan fingerprint density at radius 2 is 1.94 bits per heavy atom. The van der Waals surface area contributed by atoms with E-state index in [0.29, 0.717) is 32.4 Å². The number of hydrogen-bond donors (Lipinski definition) is 1. The molecule has 2 aliphatic carbocycles. The highest BCUT2D eigenvalue weighted by Gasteiger charge is 2.71. The van der Waals surface area contributed by atoms with Gasteiger partial charge in [-0.2, -0.15) is 0 Å². The van der Waals surface area contributed by atoms with Gasteiger partial charge >= 0.3 is 6.03 Å². The van der Waals surface area contributed by atoms with E-state index >= 15 is 0 Å². The molecule has 5 rings (SSSR count). The molecule has 168 valence electrons. The monoisotopic (exact) mass is 427 g/mol. The maximum absolute atomic E-state index is 13.7. The number of carbonyl (C=O) groups excluding carboxylic acids is 2.